The molecule has 1 heterocycles. The van der Waals surface area contributed by atoms with E-state index in [9.17, 15) is 4.79 Å². The number of aromatic nitrogens is 2. The maximum atomic E-state index is 10.8. The van der Waals surface area contributed by atoms with E-state index in [1.165, 1.54) is 11.8 Å². The molecule has 0 aliphatic heterocycles. The third-order valence-corrected chi connectivity index (χ3v) is 4.10. The van der Waals surface area contributed by atoms with Crippen LogP contribution in [0, 0.1) is 0 Å². The molecule has 106 valence electrons. The Kier molecular flexibility index (Phi) is 4.34. The molecule has 1 aromatic carbocycles. The van der Waals surface area contributed by atoms with Crippen molar-refractivity contribution in [3.8, 4) is 0 Å². The Morgan fingerprint density at radius 3 is 2.65 bits per heavy atom. The second-order valence-electron chi connectivity index (χ2n) is 5.45. The number of aliphatic carboxylic acids is 1. The maximum Gasteiger partial charge on any atom is 0.313 e. The number of benzene rings is 1. The van der Waals surface area contributed by atoms with Crippen molar-refractivity contribution in [2.24, 2.45) is 0 Å². The zero-order chi connectivity index (χ0) is 14.9. The molecule has 0 aliphatic rings. The van der Waals surface area contributed by atoms with E-state index in [0.29, 0.717) is 0 Å². The van der Waals surface area contributed by atoms with Gasteiger partial charge >= 0.3 is 5.97 Å². The summed E-state index contributed by atoms with van der Waals surface area (Å²) in [5.74, 6) is -0.140. The Morgan fingerprint density at radius 1 is 1.35 bits per heavy atom. The van der Waals surface area contributed by atoms with Gasteiger partial charge in [-0.3, -0.25) is 4.79 Å². The Balaban J connectivity index is 2.60. The van der Waals surface area contributed by atoms with Crippen molar-refractivity contribution >= 4 is 44.6 Å². The zero-order valence-corrected chi connectivity index (χ0v) is 13.9. The van der Waals surface area contributed by atoms with Crippen LogP contribution in [0.25, 0.3) is 10.9 Å². The first kappa shape index (κ1) is 15.3. The van der Waals surface area contributed by atoms with Crippen LogP contribution in [-0.2, 0) is 10.2 Å². The third-order valence-electron chi connectivity index (χ3n) is 2.63. The monoisotopic (exact) mass is 354 g/mol. The topological polar surface area (TPSA) is 63.1 Å². The van der Waals surface area contributed by atoms with Crippen LogP contribution in [0.2, 0.25) is 0 Å². The van der Waals surface area contributed by atoms with Gasteiger partial charge in [0.2, 0.25) is 0 Å². The van der Waals surface area contributed by atoms with Gasteiger partial charge in [-0.05, 0) is 18.2 Å². The fourth-order valence-corrected chi connectivity index (χ4v) is 2.74. The number of halogens is 1. The maximum absolute atomic E-state index is 10.8. The first-order valence-corrected chi connectivity index (χ1v) is 7.87. The predicted molar refractivity (Wildman–Crippen MR) is 84.3 cm³/mol. The van der Waals surface area contributed by atoms with E-state index in [0.717, 1.165) is 26.2 Å². The molecule has 0 atom stereocenters. The first-order valence-electron chi connectivity index (χ1n) is 6.10. The highest BCUT2D eigenvalue weighted by molar-refractivity contribution is 9.10. The van der Waals surface area contributed by atoms with Gasteiger partial charge in [-0.2, -0.15) is 0 Å². The van der Waals surface area contributed by atoms with E-state index in [1.54, 1.807) is 0 Å². The minimum absolute atomic E-state index is 0.00817. The molecule has 0 saturated heterocycles. The molecular weight excluding hydrogens is 340 g/mol. The molecule has 6 heteroatoms. The summed E-state index contributed by atoms with van der Waals surface area (Å²) in [6.07, 6.45) is 0. The number of carboxylic acids is 1. The molecular formula is C14H15BrN2O2S. The van der Waals surface area contributed by atoms with E-state index in [1.807, 2.05) is 39.0 Å². The highest BCUT2D eigenvalue weighted by atomic mass is 79.9. The molecule has 20 heavy (non-hydrogen) atoms. The summed E-state index contributed by atoms with van der Waals surface area (Å²) in [5, 5.41) is 10.4. The number of hydrogen-bond donors (Lipinski definition) is 1. The smallest absolute Gasteiger partial charge is 0.313 e. The average Bonchev–Trinajstić information content (AvgIpc) is 2.33. The zero-order valence-electron chi connectivity index (χ0n) is 11.5. The SMILES string of the molecule is CC(C)(C)c1nc(SCC(=O)O)c2ccc(Br)cc2n1. The van der Waals surface area contributed by atoms with Crippen molar-refractivity contribution in [2.45, 2.75) is 31.2 Å². The van der Waals surface area contributed by atoms with Crippen molar-refractivity contribution in [3.63, 3.8) is 0 Å². The lowest BCUT2D eigenvalue weighted by molar-refractivity contribution is -0.133. The van der Waals surface area contributed by atoms with Crippen molar-refractivity contribution in [2.75, 3.05) is 5.75 Å². The molecule has 2 aromatic rings. The van der Waals surface area contributed by atoms with Gasteiger partial charge in [0, 0.05) is 15.3 Å². The van der Waals surface area contributed by atoms with E-state index in [-0.39, 0.29) is 11.2 Å². The summed E-state index contributed by atoms with van der Waals surface area (Å²) < 4.78 is 0.942. The largest absolute Gasteiger partial charge is 0.481 e. The van der Waals surface area contributed by atoms with Crippen LogP contribution >= 0.6 is 27.7 Å². The molecule has 2 rings (SSSR count). The summed E-state index contributed by atoms with van der Waals surface area (Å²) in [4.78, 5) is 19.9. The summed E-state index contributed by atoms with van der Waals surface area (Å²) in [6.45, 7) is 6.12. The van der Waals surface area contributed by atoms with Gasteiger partial charge < -0.3 is 5.11 Å². The van der Waals surface area contributed by atoms with Gasteiger partial charge in [-0.1, -0.05) is 48.5 Å². The lowest BCUT2D eigenvalue weighted by Gasteiger charge is -2.18. The van der Waals surface area contributed by atoms with E-state index in [2.05, 4.69) is 25.9 Å². The molecule has 0 spiro atoms. The Bertz CT molecular complexity index is 668. The summed E-state index contributed by atoms with van der Waals surface area (Å²) >= 11 is 4.66. The van der Waals surface area contributed by atoms with Crippen LogP contribution in [0.1, 0.15) is 26.6 Å². The van der Waals surface area contributed by atoms with Gasteiger partial charge in [0.05, 0.1) is 11.3 Å². The highest BCUT2D eigenvalue weighted by Gasteiger charge is 2.20. The second-order valence-corrected chi connectivity index (χ2v) is 7.33. The molecule has 0 aliphatic carbocycles. The highest BCUT2D eigenvalue weighted by Crippen LogP contribution is 2.30. The number of thioether (sulfide) groups is 1. The van der Waals surface area contributed by atoms with Gasteiger partial charge in [0.15, 0.2) is 0 Å². The fraction of sp³-hybridized carbons (Fsp3) is 0.357. The summed E-state index contributed by atoms with van der Waals surface area (Å²) in [5.41, 5.74) is 0.641. The first-order chi connectivity index (χ1) is 9.27. The van der Waals surface area contributed by atoms with Gasteiger partial charge in [-0.25, -0.2) is 9.97 Å². The minimum atomic E-state index is -0.851. The van der Waals surface area contributed by atoms with Crippen LogP contribution in [0.5, 0.6) is 0 Å². The number of carboxylic acid groups (broad SMARTS) is 1. The molecule has 1 aromatic heterocycles. The number of carbonyl (C=O) groups is 1. The molecule has 0 unspecified atom stereocenters. The standard InChI is InChI=1S/C14H15BrN2O2S/c1-14(2,3)13-16-10-6-8(15)4-5-9(10)12(17-13)20-7-11(18)19/h4-6H,7H2,1-3H3,(H,18,19). The summed E-state index contributed by atoms with van der Waals surface area (Å²) in [6, 6.07) is 5.75. The lowest BCUT2D eigenvalue weighted by atomic mass is 9.95. The van der Waals surface area contributed by atoms with Crippen molar-refractivity contribution in [1.82, 2.24) is 9.97 Å². The van der Waals surface area contributed by atoms with Crippen molar-refractivity contribution in [1.29, 1.82) is 0 Å². The third kappa shape index (κ3) is 3.49. The molecule has 0 bridgehead atoms. The Morgan fingerprint density at radius 2 is 2.05 bits per heavy atom. The van der Waals surface area contributed by atoms with E-state index < -0.39 is 5.97 Å². The number of rotatable bonds is 3. The van der Waals surface area contributed by atoms with Crippen LogP contribution in [0.4, 0.5) is 0 Å². The molecule has 1 N–H and O–H groups in total. The normalized spacial score (nSPS) is 11.8. The number of hydrogen-bond acceptors (Lipinski definition) is 4. The van der Waals surface area contributed by atoms with Crippen LogP contribution in [0.15, 0.2) is 27.7 Å². The van der Waals surface area contributed by atoms with Gasteiger partial charge in [0.25, 0.3) is 0 Å². The van der Waals surface area contributed by atoms with E-state index in [4.69, 9.17) is 5.11 Å². The molecule has 0 radical (unpaired) electrons. The van der Waals surface area contributed by atoms with Crippen LogP contribution in [-0.4, -0.2) is 26.8 Å². The Hall–Kier alpha value is -1.14. The predicted octanol–water partition coefficient (Wildman–Crippen LogP) is 3.87. The van der Waals surface area contributed by atoms with Crippen molar-refractivity contribution in [3.05, 3.63) is 28.5 Å². The van der Waals surface area contributed by atoms with E-state index >= 15 is 0 Å². The lowest BCUT2D eigenvalue weighted by Crippen LogP contribution is -2.16. The second kappa shape index (κ2) is 5.69. The molecule has 0 saturated carbocycles. The molecule has 0 fully saturated rings. The van der Waals surface area contributed by atoms with Crippen LogP contribution in [0.3, 0.4) is 0 Å². The number of fused-ring (bicyclic) bond motifs is 1. The minimum Gasteiger partial charge on any atom is -0.481 e. The number of nitrogens with zero attached hydrogens (tertiary/aromatic N) is 2. The average molecular weight is 355 g/mol. The van der Waals surface area contributed by atoms with Gasteiger partial charge in [-0.15, -0.1) is 0 Å². The molecule has 0 amide bonds. The van der Waals surface area contributed by atoms with Crippen LogP contribution < -0.4 is 0 Å². The van der Waals surface area contributed by atoms with Crippen molar-refractivity contribution < 1.29 is 9.90 Å². The fourth-order valence-electron chi connectivity index (χ4n) is 1.65. The molecule has 4 nitrogen and oxygen atoms in total. The van der Waals surface area contributed by atoms with Gasteiger partial charge in [0.1, 0.15) is 10.9 Å². The Labute approximate surface area is 130 Å². The summed E-state index contributed by atoms with van der Waals surface area (Å²) in [7, 11) is 0. The quantitative estimate of drug-likeness (QED) is 0.669.